The van der Waals surface area contributed by atoms with Crippen molar-refractivity contribution in [2.75, 3.05) is 19.7 Å². The molecule has 1 rings (SSSR count). The first-order valence-corrected chi connectivity index (χ1v) is 4.95. The van der Waals surface area contributed by atoms with Crippen LogP contribution in [-0.4, -0.2) is 36.7 Å². The predicted molar refractivity (Wildman–Crippen MR) is 51.3 cm³/mol. The topological polar surface area (TPSA) is 12.5 Å². The standard InChI is InChI=1S/C10H21NO/c1-8(2)11-5-9(3)7-12-10(4)6-11/h8-10H,5-7H2,1-4H3/t9-,10?/m1/s1. The van der Waals surface area contributed by atoms with Crippen molar-refractivity contribution in [3.05, 3.63) is 0 Å². The van der Waals surface area contributed by atoms with Crippen LogP contribution in [0.1, 0.15) is 27.7 Å². The molecule has 1 unspecified atom stereocenters. The van der Waals surface area contributed by atoms with Crippen molar-refractivity contribution < 1.29 is 4.74 Å². The summed E-state index contributed by atoms with van der Waals surface area (Å²) in [5, 5.41) is 0. The molecule has 2 atom stereocenters. The molecule has 0 saturated carbocycles. The van der Waals surface area contributed by atoms with Gasteiger partial charge in [0.2, 0.25) is 0 Å². The summed E-state index contributed by atoms with van der Waals surface area (Å²) >= 11 is 0. The van der Waals surface area contributed by atoms with E-state index in [1.807, 2.05) is 0 Å². The summed E-state index contributed by atoms with van der Waals surface area (Å²) in [6.07, 6.45) is 0.400. The molecular weight excluding hydrogens is 150 g/mol. The lowest BCUT2D eigenvalue weighted by molar-refractivity contribution is 0.0550. The van der Waals surface area contributed by atoms with Crippen molar-refractivity contribution in [3.8, 4) is 0 Å². The first-order chi connectivity index (χ1) is 5.59. The summed E-state index contributed by atoms with van der Waals surface area (Å²) < 4.78 is 5.65. The molecule has 0 aromatic heterocycles. The summed E-state index contributed by atoms with van der Waals surface area (Å²) in [6.45, 7) is 12.1. The Hall–Kier alpha value is -0.0800. The van der Waals surface area contributed by atoms with Crippen LogP contribution in [0.4, 0.5) is 0 Å². The first kappa shape index (κ1) is 10.0. The molecule has 1 saturated heterocycles. The van der Waals surface area contributed by atoms with E-state index in [-0.39, 0.29) is 0 Å². The minimum absolute atomic E-state index is 0.400. The molecule has 0 spiro atoms. The predicted octanol–water partition coefficient (Wildman–Crippen LogP) is 1.75. The van der Waals surface area contributed by atoms with Gasteiger partial charge in [-0.2, -0.15) is 0 Å². The Morgan fingerprint density at radius 1 is 1.25 bits per heavy atom. The van der Waals surface area contributed by atoms with Crippen LogP contribution >= 0.6 is 0 Å². The minimum atomic E-state index is 0.400. The Morgan fingerprint density at radius 2 is 1.92 bits per heavy atom. The van der Waals surface area contributed by atoms with E-state index in [0.717, 1.165) is 13.2 Å². The maximum Gasteiger partial charge on any atom is 0.0674 e. The largest absolute Gasteiger partial charge is 0.377 e. The van der Waals surface area contributed by atoms with Crippen LogP contribution in [0.2, 0.25) is 0 Å². The van der Waals surface area contributed by atoms with Crippen molar-refractivity contribution >= 4 is 0 Å². The highest BCUT2D eigenvalue weighted by Crippen LogP contribution is 2.12. The van der Waals surface area contributed by atoms with E-state index < -0.39 is 0 Å². The summed E-state index contributed by atoms with van der Waals surface area (Å²) in [7, 11) is 0. The number of ether oxygens (including phenoxy) is 1. The van der Waals surface area contributed by atoms with E-state index in [4.69, 9.17) is 4.74 Å². The lowest BCUT2D eigenvalue weighted by atomic mass is 10.1. The minimum Gasteiger partial charge on any atom is -0.377 e. The van der Waals surface area contributed by atoms with Gasteiger partial charge in [0.1, 0.15) is 0 Å². The van der Waals surface area contributed by atoms with Gasteiger partial charge in [-0.15, -0.1) is 0 Å². The van der Waals surface area contributed by atoms with E-state index in [2.05, 4.69) is 32.6 Å². The number of hydrogen-bond donors (Lipinski definition) is 0. The van der Waals surface area contributed by atoms with Gasteiger partial charge in [-0.05, 0) is 26.7 Å². The number of nitrogens with zero attached hydrogens (tertiary/aromatic N) is 1. The van der Waals surface area contributed by atoms with Gasteiger partial charge >= 0.3 is 0 Å². The van der Waals surface area contributed by atoms with Crippen LogP contribution in [0.25, 0.3) is 0 Å². The molecule has 2 heteroatoms. The maximum absolute atomic E-state index is 5.65. The third-order valence-electron chi connectivity index (χ3n) is 2.43. The van der Waals surface area contributed by atoms with Crippen LogP contribution in [0, 0.1) is 5.92 Å². The highest BCUT2D eigenvalue weighted by Gasteiger charge is 2.20. The molecule has 0 N–H and O–H groups in total. The van der Waals surface area contributed by atoms with Crippen LogP contribution in [0.3, 0.4) is 0 Å². The second kappa shape index (κ2) is 4.24. The van der Waals surface area contributed by atoms with E-state index in [0.29, 0.717) is 18.1 Å². The number of rotatable bonds is 1. The quantitative estimate of drug-likeness (QED) is 0.596. The van der Waals surface area contributed by atoms with Crippen LogP contribution < -0.4 is 0 Å². The first-order valence-electron chi connectivity index (χ1n) is 4.95. The molecule has 0 aromatic rings. The lowest BCUT2D eigenvalue weighted by Crippen LogP contribution is -2.37. The molecule has 0 radical (unpaired) electrons. The van der Waals surface area contributed by atoms with Gasteiger partial charge in [0.05, 0.1) is 12.7 Å². The van der Waals surface area contributed by atoms with Gasteiger partial charge in [-0.3, -0.25) is 4.90 Å². The zero-order chi connectivity index (χ0) is 9.14. The van der Waals surface area contributed by atoms with Crippen LogP contribution in [-0.2, 0) is 4.74 Å². The molecule has 2 nitrogen and oxygen atoms in total. The van der Waals surface area contributed by atoms with Gasteiger partial charge in [-0.25, -0.2) is 0 Å². The smallest absolute Gasteiger partial charge is 0.0674 e. The molecule has 0 aromatic carbocycles. The van der Waals surface area contributed by atoms with E-state index in [1.54, 1.807) is 0 Å². The third-order valence-corrected chi connectivity index (χ3v) is 2.43. The average Bonchev–Trinajstić information content (AvgIpc) is 2.13. The maximum atomic E-state index is 5.65. The Labute approximate surface area is 75.9 Å². The number of hydrogen-bond acceptors (Lipinski definition) is 2. The van der Waals surface area contributed by atoms with E-state index in [1.165, 1.54) is 6.54 Å². The van der Waals surface area contributed by atoms with Gasteiger partial charge in [0, 0.05) is 19.1 Å². The highest BCUT2D eigenvalue weighted by atomic mass is 16.5. The van der Waals surface area contributed by atoms with Crippen molar-refractivity contribution in [1.82, 2.24) is 4.90 Å². The fourth-order valence-corrected chi connectivity index (χ4v) is 1.66. The second-order valence-corrected chi connectivity index (χ2v) is 4.30. The van der Waals surface area contributed by atoms with Crippen molar-refractivity contribution in [3.63, 3.8) is 0 Å². The molecule has 1 fully saturated rings. The molecule has 0 bridgehead atoms. The van der Waals surface area contributed by atoms with Gasteiger partial charge in [0.25, 0.3) is 0 Å². The zero-order valence-electron chi connectivity index (χ0n) is 8.71. The van der Waals surface area contributed by atoms with Crippen molar-refractivity contribution in [2.45, 2.75) is 39.8 Å². The molecular formula is C10H21NO. The molecule has 1 heterocycles. The van der Waals surface area contributed by atoms with Gasteiger partial charge in [-0.1, -0.05) is 6.92 Å². The van der Waals surface area contributed by atoms with E-state index in [9.17, 15) is 0 Å². The normalized spacial score (nSPS) is 33.8. The average molecular weight is 171 g/mol. The van der Waals surface area contributed by atoms with Crippen LogP contribution in [0.5, 0.6) is 0 Å². The molecule has 12 heavy (non-hydrogen) atoms. The van der Waals surface area contributed by atoms with Gasteiger partial charge < -0.3 is 4.74 Å². The van der Waals surface area contributed by atoms with Gasteiger partial charge in [0.15, 0.2) is 0 Å². The van der Waals surface area contributed by atoms with Crippen molar-refractivity contribution in [1.29, 1.82) is 0 Å². The Morgan fingerprint density at radius 3 is 2.50 bits per heavy atom. The Bertz CT molecular complexity index is 124. The van der Waals surface area contributed by atoms with Crippen LogP contribution in [0.15, 0.2) is 0 Å². The Kier molecular flexibility index (Phi) is 3.53. The SMILES string of the molecule is CC1CN(C(C)C)C[C@@H](C)CO1. The summed E-state index contributed by atoms with van der Waals surface area (Å²) in [4.78, 5) is 2.50. The summed E-state index contributed by atoms with van der Waals surface area (Å²) in [6, 6.07) is 0.650. The third kappa shape index (κ3) is 2.76. The fraction of sp³-hybridized carbons (Fsp3) is 1.00. The zero-order valence-corrected chi connectivity index (χ0v) is 8.71. The highest BCUT2D eigenvalue weighted by molar-refractivity contribution is 4.72. The molecule has 0 amide bonds. The van der Waals surface area contributed by atoms with Crippen molar-refractivity contribution in [2.24, 2.45) is 5.92 Å². The monoisotopic (exact) mass is 171 g/mol. The molecule has 72 valence electrons. The summed E-state index contributed by atoms with van der Waals surface area (Å²) in [5.41, 5.74) is 0. The molecule has 1 aliphatic heterocycles. The summed E-state index contributed by atoms with van der Waals surface area (Å²) in [5.74, 6) is 0.678. The lowest BCUT2D eigenvalue weighted by Gasteiger charge is -2.26. The Balaban J connectivity index is 2.49. The second-order valence-electron chi connectivity index (χ2n) is 4.30. The molecule has 1 aliphatic rings. The fourth-order valence-electron chi connectivity index (χ4n) is 1.66. The van der Waals surface area contributed by atoms with E-state index >= 15 is 0 Å². The molecule has 0 aliphatic carbocycles.